The van der Waals surface area contributed by atoms with E-state index in [-0.39, 0.29) is 0 Å². The summed E-state index contributed by atoms with van der Waals surface area (Å²) in [6.45, 7) is 5.63. The second-order valence-electron chi connectivity index (χ2n) is 6.82. The van der Waals surface area contributed by atoms with Crippen LogP contribution < -0.4 is 5.32 Å². The average Bonchev–Trinajstić information content (AvgIpc) is 3.05. The summed E-state index contributed by atoms with van der Waals surface area (Å²) in [4.78, 5) is 6.73. The molecular weight excluding hydrogens is 312 g/mol. The van der Waals surface area contributed by atoms with Crippen LogP contribution in [0.15, 0.2) is 47.0 Å². The fourth-order valence-corrected chi connectivity index (χ4v) is 3.67. The fourth-order valence-electron chi connectivity index (χ4n) is 3.67. The molecule has 1 aliphatic heterocycles. The van der Waals surface area contributed by atoms with Crippen LogP contribution >= 0.6 is 0 Å². The van der Waals surface area contributed by atoms with E-state index in [2.05, 4.69) is 62.8 Å². The zero-order valence-corrected chi connectivity index (χ0v) is 14.6. The maximum absolute atomic E-state index is 5.08. The number of nitrogens with one attached hydrogen (secondary N) is 1. The van der Waals surface area contributed by atoms with Gasteiger partial charge in [0.25, 0.3) is 0 Å². The topological polar surface area (TPSA) is 54.2 Å². The number of likely N-dealkylation sites (tertiary alicyclic amines) is 1. The van der Waals surface area contributed by atoms with E-state index < -0.39 is 0 Å². The van der Waals surface area contributed by atoms with E-state index in [0.717, 1.165) is 32.0 Å². The molecule has 5 heteroatoms. The fraction of sp³-hybridized carbons (Fsp3) is 0.400. The maximum atomic E-state index is 5.08. The molecule has 2 heterocycles. The van der Waals surface area contributed by atoms with Gasteiger partial charge in [-0.1, -0.05) is 47.6 Å². The molecule has 1 atom stereocenters. The van der Waals surface area contributed by atoms with Crippen LogP contribution in [0.4, 0.5) is 0 Å². The minimum atomic E-state index is 0.501. The van der Waals surface area contributed by atoms with Crippen molar-refractivity contribution < 1.29 is 4.52 Å². The molecule has 4 rings (SSSR count). The number of fused-ring (bicyclic) bond motifs is 1. The Morgan fingerprint density at radius 1 is 1.20 bits per heavy atom. The Balaban J connectivity index is 1.37. The number of hydrogen-bond donors (Lipinski definition) is 1. The second kappa shape index (κ2) is 7.33. The standard InChI is InChI=1S/C20H24N4O/c1-15-22-20(23-25-15)14-24-11-5-9-18(13-24)21-12-17-8-4-7-16-6-2-3-10-19(16)17/h2-4,6-8,10,18,21H,5,9,11-14H2,1H3. The van der Waals surface area contributed by atoms with Gasteiger partial charge in [-0.3, -0.25) is 4.90 Å². The lowest BCUT2D eigenvalue weighted by atomic mass is 10.0. The van der Waals surface area contributed by atoms with Gasteiger partial charge in [-0.25, -0.2) is 0 Å². The van der Waals surface area contributed by atoms with Crippen LogP contribution in [0.1, 0.15) is 30.1 Å². The second-order valence-corrected chi connectivity index (χ2v) is 6.82. The smallest absolute Gasteiger partial charge is 0.223 e. The molecule has 3 aromatic rings. The van der Waals surface area contributed by atoms with Gasteiger partial charge in [0.05, 0.1) is 6.54 Å². The third-order valence-corrected chi connectivity index (χ3v) is 4.90. The molecule has 0 aliphatic carbocycles. The summed E-state index contributed by atoms with van der Waals surface area (Å²) in [5, 5.41) is 10.4. The predicted molar refractivity (Wildman–Crippen MR) is 98.1 cm³/mol. The zero-order valence-electron chi connectivity index (χ0n) is 14.6. The van der Waals surface area contributed by atoms with Crippen molar-refractivity contribution in [3.05, 3.63) is 59.7 Å². The van der Waals surface area contributed by atoms with Crippen LogP contribution in [0, 0.1) is 6.92 Å². The van der Waals surface area contributed by atoms with E-state index in [0.29, 0.717) is 11.9 Å². The lowest BCUT2D eigenvalue weighted by Gasteiger charge is -2.32. The molecule has 0 bridgehead atoms. The normalized spacial score (nSPS) is 18.7. The quantitative estimate of drug-likeness (QED) is 0.775. The Hall–Kier alpha value is -2.24. The van der Waals surface area contributed by atoms with Gasteiger partial charge in [0.15, 0.2) is 5.82 Å². The van der Waals surface area contributed by atoms with Gasteiger partial charge in [0.1, 0.15) is 0 Å². The molecular formula is C20H24N4O. The highest BCUT2D eigenvalue weighted by atomic mass is 16.5. The SMILES string of the molecule is Cc1nc(CN2CCCC(NCc3cccc4ccccc34)C2)no1. The summed E-state index contributed by atoms with van der Waals surface area (Å²) in [6.07, 6.45) is 2.41. The summed E-state index contributed by atoms with van der Waals surface area (Å²) in [6, 6.07) is 15.6. The van der Waals surface area contributed by atoms with Crippen molar-refractivity contribution in [1.82, 2.24) is 20.4 Å². The van der Waals surface area contributed by atoms with E-state index in [9.17, 15) is 0 Å². The number of rotatable bonds is 5. The van der Waals surface area contributed by atoms with Gasteiger partial charge in [-0.05, 0) is 35.7 Å². The molecule has 2 aromatic carbocycles. The van der Waals surface area contributed by atoms with Gasteiger partial charge in [0, 0.05) is 26.1 Å². The zero-order chi connectivity index (χ0) is 17.1. The monoisotopic (exact) mass is 336 g/mol. The molecule has 1 unspecified atom stereocenters. The Labute approximate surface area is 148 Å². The molecule has 0 radical (unpaired) electrons. The van der Waals surface area contributed by atoms with Crippen molar-refractivity contribution in [1.29, 1.82) is 0 Å². The molecule has 130 valence electrons. The molecule has 0 amide bonds. The Kier molecular flexibility index (Phi) is 4.76. The van der Waals surface area contributed by atoms with E-state index in [4.69, 9.17) is 4.52 Å². The summed E-state index contributed by atoms with van der Waals surface area (Å²) in [5.74, 6) is 1.42. The molecule has 5 nitrogen and oxygen atoms in total. The molecule has 25 heavy (non-hydrogen) atoms. The van der Waals surface area contributed by atoms with Gasteiger partial charge < -0.3 is 9.84 Å². The van der Waals surface area contributed by atoms with E-state index in [1.54, 1.807) is 0 Å². The number of aromatic nitrogens is 2. The largest absolute Gasteiger partial charge is 0.340 e. The van der Waals surface area contributed by atoms with Crippen molar-refractivity contribution in [2.75, 3.05) is 13.1 Å². The molecule has 1 saturated heterocycles. The first-order valence-corrected chi connectivity index (χ1v) is 8.99. The number of hydrogen-bond acceptors (Lipinski definition) is 5. The minimum Gasteiger partial charge on any atom is -0.340 e. The lowest BCUT2D eigenvalue weighted by molar-refractivity contribution is 0.177. The van der Waals surface area contributed by atoms with Crippen LogP contribution in [-0.4, -0.2) is 34.2 Å². The summed E-state index contributed by atoms with van der Waals surface area (Å²) in [7, 11) is 0. The Bertz CT molecular complexity index is 839. The summed E-state index contributed by atoms with van der Waals surface area (Å²) >= 11 is 0. The first-order valence-electron chi connectivity index (χ1n) is 8.99. The Morgan fingerprint density at radius 3 is 2.96 bits per heavy atom. The third kappa shape index (κ3) is 3.89. The average molecular weight is 336 g/mol. The molecule has 1 fully saturated rings. The summed E-state index contributed by atoms with van der Waals surface area (Å²) < 4.78 is 5.08. The first kappa shape index (κ1) is 16.2. The minimum absolute atomic E-state index is 0.501. The van der Waals surface area contributed by atoms with Crippen molar-refractivity contribution in [2.24, 2.45) is 0 Å². The highest BCUT2D eigenvalue weighted by molar-refractivity contribution is 5.85. The van der Waals surface area contributed by atoms with Crippen LogP contribution in [0.2, 0.25) is 0 Å². The predicted octanol–water partition coefficient (Wildman–Crippen LogP) is 3.29. The van der Waals surface area contributed by atoms with Crippen LogP contribution in [0.25, 0.3) is 10.8 Å². The van der Waals surface area contributed by atoms with Gasteiger partial charge >= 0.3 is 0 Å². The van der Waals surface area contributed by atoms with Crippen LogP contribution in [0.5, 0.6) is 0 Å². The third-order valence-electron chi connectivity index (χ3n) is 4.90. The van der Waals surface area contributed by atoms with Crippen molar-refractivity contribution >= 4 is 10.8 Å². The molecule has 1 aromatic heterocycles. The van der Waals surface area contributed by atoms with Gasteiger partial charge in [-0.2, -0.15) is 4.98 Å². The van der Waals surface area contributed by atoms with Crippen LogP contribution in [0.3, 0.4) is 0 Å². The number of benzene rings is 2. The molecule has 1 aliphatic rings. The highest BCUT2D eigenvalue weighted by Crippen LogP contribution is 2.19. The van der Waals surface area contributed by atoms with E-state index in [1.807, 2.05) is 6.92 Å². The Morgan fingerprint density at radius 2 is 2.08 bits per heavy atom. The van der Waals surface area contributed by atoms with E-state index in [1.165, 1.54) is 29.2 Å². The van der Waals surface area contributed by atoms with Crippen molar-refractivity contribution in [3.63, 3.8) is 0 Å². The van der Waals surface area contributed by atoms with Gasteiger partial charge in [-0.15, -0.1) is 0 Å². The molecule has 0 saturated carbocycles. The maximum Gasteiger partial charge on any atom is 0.223 e. The first-order chi connectivity index (χ1) is 12.3. The highest BCUT2D eigenvalue weighted by Gasteiger charge is 2.21. The molecule has 0 spiro atoms. The van der Waals surface area contributed by atoms with Gasteiger partial charge in [0.2, 0.25) is 5.89 Å². The number of nitrogens with zero attached hydrogens (tertiary/aromatic N) is 3. The molecule has 1 N–H and O–H groups in total. The van der Waals surface area contributed by atoms with Crippen molar-refractivity contribution in [3.8, 4) is 0 Å². The number of piperidine rings is 1. The van der Waals surface area contributed by atoms with Crippen LogP contribution in [-0.2, 0) is 13.1 Å². The summed E-state index contributed by atoms with van der Waals surface area (Å²) in [5.41, 5.74) is 1.36. The lowest BCUT2D eigenvalue weighted by Crippen LogP contribution is -2.45. The number of aryl methyl sites for hydroxylation is 1. The van der Waals surface area contributed by atoms with Crippen molar-refractivity contribution in [2.45, 2.75) is 38.9 Å². The van der Waals surface area contributed by atoms with E-state index >= 15 is 0 Å².